The minimum absolute atomic E-state index is 0.0858. The fourth-order valence-electron chi connectivity index (χ4n) is 3.18. The van der Waals surface area contributed by atoms with Crippen LogP contribution in [0.15, 0.2) is 42.5 Å². The number of hydrogen-bond donors (Lipinski definition) is 0. The Hall–Kier alpha value is -2.41. The van der Waals surface area contributed by atoms with Crippen LogP contribution in [-0.2, 0) is 0 Å². The molecule has 9 heteroatoms. The van der Waals surface area contributed by atoms with Crippen LogP contribution in [0.3, 0.4) is 0 Å². The second-order valence-corrected chi connectivity index (χ2v) is 8.16. The van der Waals surface area contributed by atoms with E-state index in [0.29, 0.717) is 32.3 Å². The van der Waals surface area contributed by atoms with Gasteiger partial charge < -0.3 is 0 Å². The summed E-state index contributed by atoms with van der Waals surface area (Å²) in [5.74, 6) is 0.594. The Kier molecular flexibility index (Phi) is 5.34. The monoisotopic (exact) mass is 446 g/mol. The second kappa shape index (κ2) is 7.78. The number of hydrogen-bond acceptors (Lipinski definition) is 4. The average molecular weight is 448 g/mol. The van der Waals surface area contributed by atoms with Crippen molar-refractivity contribution in [2.24, 2.45) is 0 Å². The van der Waals surface area contributed by atoms with Crippen molar-refractivity contribution in [3.05, 3.63) is 63.1 Å². The Balaban J connectivity index is 2.01. The smallest absolute Gasteiger partial charge is 0.203 e. The number of nitrogens with zero attached hydrogens (tertiary/aromatic N) is 6. The predicted octanol–water partition coefficient (Wildman–Crippen LogP) is 6.04. The average Bonchev–Trinajstić information content (AvgIpc) is 3.27. The van der Waals surface area contributed by atoms with Crippen LogP contribution in [0.1, 0.15) is 25.5 Å². The third-order valence-corrected chi connectivity index (χ3v) is 5.36. The van der Waals surface area contributed by atoms with Crippen molar-refractivity contribution >= 4 is 34.8 Å². The highest BCUT2D eigenvalue weighted by Crippen LogP contribution is 2.36. The molecule has 0 amide bonds. The first kappa shape index (κ1) is 19.9. The maximum absolute atomic E-state index is 6.51. The van der Waals surface area contributed by atoms with E-state index in [-0.39, 0.29) is 6.04 Å². The van der Waals surface area contributed by atoms with E-state index in [4.69, 9.17) is 39.9 Å². The third kappa shape index (κ3) is 3.64. The van der Waals surface area contributed by atoms with Gasteiger partial charge in [0.15, 0.2) is 0 Å². The molecule has 0 unspecified atom stereocenters. The van der Waals surface area contributed by atoms with Crippen LogP contribution in [0.2, 0.25) is 15.1 Å². The molecule has 0 spiro atoms. The molecule has 0 saturated heterocycles. The first-order valence-electron chi connectivity index (χ1n) is 8.96. The van der Waals surface area contributed by atoms with E-state index in [2.05, 4.69) is 15.5 Å². The van der Waals surface area contributed by atoms with Crippen LogP contribution in [0.5, 0.6) is 0 Å². The summed E-state index contributed by atoms with van der Waals surface area (Å²) in [6, 6.07) is 13.0. The number of halogens is 3. The molecule has 0 aliphatic rings. The first-order valence-corrected chi connectivity index (χ1v) is 10.1. The van der Waals surface area contributed by atoms with Crippen molar-refractivity contribution in [1.82, 2.24) is 30.0 Å². The molecule has 0 atom stereocenters. The van der Waals surface area contributed by atoms with Gasteiger partial charge in [-0.15, -0.1) is 5.10 Å². The fraction of sp³-hybridized carbons (Fsp3) is 0.200. The Morgan fingerprint density at radius 3 is 2.28 bits per heavy atom. The highest BCUT2D eigenvalue weighted by Gasteiger charge is 2.24. The summed E-state index contributed by atoms with van der Waals surface area (Å²) in [4.78, 5) is 0. The summed E-state index contributed by atoms with van der Waals surface area (Å²) in [7, 11) is 0. The minimum atomic E-state index is 0.0858. The lowest BCUT2D eigenvalue weighted by atomic mass is 10.1. The number of rotatable bonds is 4. The highest BCUT2D eigenvalue weighted by atomic mass is 35.5. The molecule has 6 nitrogen and oxygen atoms in total. The van der Waals surface area contributed by atoms with Crippen molar-refractivity contribution in [3.63, 3.8) is 0 Å². The fourth-order valence-corrected chi connectivity index (χ4v) is 3.79. The van der Waals surface area contributed by atoms with Gasteiger partial charge in [-0.25, -0.2) is 9.36 Å². The van der Waals surface area contributed by atoms with Gasteiger partial charge >= 0.3 is 0 Å². The molecule has 0 aliphatic carbocycles. The first-order chi connectivity index (χ1) is 13.9. The largest absolute Gasteiger partial charge is 0.231 e. The molecule has 4 aromatic rings. The van der Waals surface area contributed by atoms with Gasteiger partial charge in [0.2, 0.25) is 5.82 Å². The Morgan fingerprint density at radius 2 is 1.62 bits per heavy atom. The predicted molar refractivity (Wildman–Crippen MR) is 116 cm³/mol. The van der Waals surface area contributed by atoms with Gasteiger partial charge in [0, 0.05) is 21.2 Å². The molecule has 0 aliphatic heterocycles. The molecule has 0 bridgehead atoms. The topological polar surface area (TPSA) is 61.4 Å². The van der Waals surface area contributed by atoms with E-state index in [1.54, 1.807) is 21.5 Å². The summed E-state index contributed by atoms with van der Waals surface area (Å²) in [5, 5.41) is 18.7. The molecule has 2 aromatic heterocycles. The molecular weight excluding hydrogens is 431 g/mol. The van der Waals surface area contributed by atoms with Gasteiger partial charge in [0.1, 0.15) is 5.69 Å². The minimum Gasteiger partial charge on any atom is -0.231 e. The number of benzene rings is 2. The van der Waals surface area contributed by atoms with Gasteiger partial charge in [-0.05, 0) is 61.5 Å². The van der Waals surface area contributed by atoms with E-state index < -0.39 is 0 Å². The lowest BCUT2D eigenvalue weighted by Crippen LogP contribution is -2.06. The van der Waals surface area contributed by atoms with Crippen LogP contribution in [0.25, 0.3) is 28.5 Å². The van der Waals surface area contributed by atoms with Gasteiger partial charge in [0.25, 0.3) is 0 Å². The summed E-state index contributed by atoms with van der Waals surface area (Å²) in [5.41, 5.74) is 4.13. The Labute approximate surface area is 183 Å². The van der Waals surface area contributed by atoms with Crippen molar-refractivity contribution < 1.29 is 0 Å². The van der Waals surface area contributed by atoms with Crippen molar-refractivity contribution in [3.8, 4) is 28.5 Å². The van der Waals surface area contributed by atoms with E-state index >= 15 is 0 Å². The molecule has 0 fully saturated rings. The number of aromatic nitrogens is 6. The zero-order chi connectivity index (χ0) is 20.7. The van der Waals surface area contributed by atoms with Gasteiger partial charge in [-0.1, -0.05) is 46.9 Å². The van der Waals surface area contributed by atoms with Crippen molar-refractivity contribution in [2.45, 2.75) is 26.8 Å². The molecule has 29 heavy (non-hydrogen) atoms. The normalized spacial score (nSPS) is 11.4. The van der Waals surface area contributed by atoms with Crippen LogP contribution < -0.4 is 0 Å². The lowest BCUT2D eigenvalue weighted by molar-refractivity contribution is 0.518. The molecule has 0 radical (unpaired) electrons. The van der Waals surface area contributed by atoms with E-state index in [9.17, 15) is 0 Å². The quantitative estimate of drug-likeness (QED) is 0.382. The van der Waals surface area contributed by atoms with E-state index in [1.807, 2.05) is 51.1 Å². The second-order valence-electron chi connectivity index (χ2n) is 6.88. The molecule has 0 N–H and O–H groups in total. The maximum atomic E-state index is 6.51. The molecule has 2 heterocycles. The van der Waals surface area contributed by atoms with E-state index in [1.165, 1.54) is 0 Å². The molecule has 0 saturated carbocycles. The molecule has 148 valence electrons. The van der Waals surface area contributed by atoms with Crippen LogP contribution in [-0.4, -0.2) is 30.0 Å². The summed E-state index contributed by atoms with van der Waals surface area (Å²) >= 11 is 18.7. The van der Waals surface area contributed by atoms with Crippen molar-refractivity contribution in [2.75, 3.05) is 0 Å². The molecular formula is C20H17Cl3N6. The Morgan fingerprint density at radius 1 is 0.931 bits per heavy atom. The zero-order valence-electron chi connectivity index (χ0n) is 15.9. The standard InChI is InChI=1S/C20H17Cl3N6/c1-11(2)28-20(24-26-27-28)18-12(3)19(13-4-6-14(21)7-5-13)29(25-18)17-9-8-15(22)10-16(17)23/h4-11H,1-3H3. The third-order valence-electron chi connectivity index (χ3n) is 4.57. The molecule has 4 rings (SSSR count). The zero-order valence-corrected chi connectivity index (χ0v) is 18.2. The summed E-state index contributed by atoms with van der Waals surface area (Å²) in [6.45, 7) is 6.02. The van der Waals surface area contributed by atoms with Gasteiger partial charge in [0.05, 0.1) is 22.4 Å². The van der Waals surface area contributed by atoms with Gasteiger partial charge in [-0.2, -0.15) is 5.10 Å². The van der Waals surface area contributed by atoms with Crippen LogP contribution in [0.4, 0.5) is 0 Å². The van der Waals surface area contributed by atoms with E-state index in [0.717, 1.165) is 16.8 Å². The SMILES string of the molecule is Cc1c(-c2nnnn2C(C)C)nn(-c2ccc(Cl)cc2Cl)c1-c1ccc(Cl)cc1. The van der Waals surface area contributed by atoms with Gasteiger partial charge in [-0.3, -0.25) is 0 Å². The maximum Gasteiger partial charge on any atom is 0.203 e. The summed E-state index contributed by atoms with van der Waals surface area (Å²) in [6.07, 6.45) is 0. The number of tetrazole rings is 1. The molecule has 2 aromatic carbocycles. The highest BCUT2D eigenvalue weighted by molar-refractivity contribution is 6.35. The van der Waals surface area contributed by atoms with Crippen molar-refractivity contribution in [1.29, 1.82) is 0 Å². The Bertz CT molecular complexity index is 1180. The van der Waals surface area contributed by atoms with Crippen LogP contribution >= 0.6 is 34.8 Å². The summed E-state index contributed by atoms with van der Waals surface area (Å²) < 4.78 is 3.54. The van der Waals surface area contributed by atoms with Crippen LogP contribution in [0, 0.1) is 6.92 Å². The lowest BCUT2D eigenvalue weighted by Gasteiger charge is -2.11.